The summed E-state index contributed by atoms with van der Waals surface area (Å²) in [6.07, 6.45) is -4.90. The highest BCUT2D eigenvalue weighted by molar-refractivity contribution is 6.31. The molecule has 0 saturated heterocycles. The van der Waals surface area contributed by atoms with Gasteiger partial charge in [0.1, 0.15) is 5.75 Å². The lowest BCUT2D eigenvalue weighted by atomic mass is 10.0. The average Bonchev–Trinajstić information content (AvgIpc) is 2.39. The Morgan fingerprint density at radius 2 is 1.52 bits per heavy atom. The monoisotopic (exact) mass is 334 g/mol. The molecular formula is C14H7Cl2F3O2. The van der Waals surface area contributed by atoms with E-state index in [4.69, 9.17) is 23.2 Å². The van der Waals surface area contributed by atoms with Crippen molar-refractivity contribution in [3.8, 4) is 5.75 Å². The van der Waals surface area contributed by atoms with E-state index in [2.05, 4.69) is 4.74 Å². The molecule has 0 spiro atoms. The fraction of sp³-hybridized carbons (Fsp3) is 0.0714. The summed E-state index contributed by atoms with van der Waals surface area (Å²) in [6, 6.07) is 9.07. The van der Waals surface area contributed by atoms with Gasteiger partial charge in [-0.3, -0.25) is 4.79 Å². The minimum absolute atomic E-state index is 0.127. The number of rotatable bonds is 3. The first-order valence-corrected chi connectivity index (χ1v) is 6.37. The first-order chi connectivity index (χ1) is 9.76. The highest BCUT2D eigenvalue weighted by atomic mass is 35.5. The van der Waals surface area contributed by atoms with Gasteiger partial charge in [0.05, 0.1) is 5.56 Å². The SMILES string of the molecule is O=C(c1ccc(Cl)cc1)c1cc(Cl)ccc1OC(F)(F)F. The molecule has 0 aliphatic carbocycles. The highest BCUT2D eigenvalue weighted by Gasteiger charge is 2.33. The number of carbonyl (C=O) groups excluding carboxylic acids is 1. The van der Waals surface area contributed by atoms with Crippen LogP contribution in [0.15, 0.2) is 42.5 Å². The van der Waals surface area contributed by atoms with Crippen LogP contribution in [0, 0.1) is 0 Å². The van der Waals surface area contributed by atoms with Gasteiger partial charge < -0.3 is 4.74 Å². The maximum absolute atomic E-state index is 12.4. The summed E-state index contributed by atoms with van der Waals surface area (Å²) in [7, 11) is 0. The van der Waals surface area contributed by atoms with Gasteiger partial charge in [-0.1, -0.05) is 23.2 Å². The number of ether oxygens (including phenoxy) is 1. The number of halogens is 5. The fourth-order valence-electron chi connectivity index (χ4n) is 1.65. The Morgan fingerprint density at radius 3 is 2.10 bits per heavy atom. The van der Waals surface area contributed by atoms with Gasteiger partial charge in [0.25, 0.3) is 0 Å². The van der Waals surface area contributed by atoms with Crippen LogP contribution in [0.2, 0.25) is 10.0 Å². The van der Waals surface area contributed by atoms with Gasteiger partial charge in [-0.15, -0.1) is 13.2 Å². The number of ketones is 1. The summed E-state index contributed by atoms with van der Waals surface area (Å²) in [5.74, 6) is -1.25. The molecule has 0 unspecified atom stereocenters. The zero-order chi connectivity index (χ0) is 15.6. The Kier molecular flexibility index (Phi) is 4.44. The quantitative estimate of drug-likeness (QED) is 0.728. The largest absolute Gasteiger partial charge is 0.573 e. The Balaban J connectivity index is 2.44. The Morgan fingerprint density at radius 1 is 0.952 bits per heavy atom. The normalized spacial score (nSPS) is 11.3. The second-order valence-electron chi connectivity index (χ2n) is 4.02. The molecule has 0 N–H and O–H groups in total. The van der Waals surface area contributed by atoms with E-state index in [1.807, 2.05) is 0 Å². The van der Waals surface area contributed by atoms with Crippen molar-refractivity contribution in [2.24, 2.45) is 0 Å². The van der Waals surface area contributed by atoms with Crippen molar-refractivity contribution in [1.82, 2.24) is 0 Å². The van der Waals surface area contributed by atoms with Crippen LogP contribution >= 0.6 is 23.2 Å². The van der Waals surface area contributed by atoms with Gasteiger partial charge in [-0.05, 0) is 42.5 Å². The van der Waals surface area contributed by atoms with Gasteiger partial charge in [0.15, 0.2) is 5.78 Å². The first-order valence-electron chi connectivity index (χ1n) is 5.62. The number of alkyl halides is 3. The van der Waals surface area contributed by atoms with Crippen LogP contribution in [0.1, 0.15) is 15.9 Å². The van der Waals surface area contributed by atoms with Crippen LogP contribution in [0.4, 0.5) is 13.2 Å². The predicted molar refractivity (Wildman–Crippen MR) is 73.0 cm³/mol. The standard InChI is InChI=1S/C14H7Cl2F3O2/c15-9-3-1-8(2-4-9)13(20)11-7-10(16)5-6-12(11)21-14(17,18)19/h1-7H. The molecular weight excluding hydrogens is 328 g/mol. The lowest BCUT2D eigenvalue weighted by molar-refractivity contribution is -0.274. The molecule has 0 saturated carbocycles. The number of benzene rings is 2. The van der Waals surface area contributed by atoms with E-state index >= 15 is 0 Å². The van der Waals surface area contributed by atoms with E-state index in [0.717, 1.165) is 12.1 Å². The first kappa shape index (κ1) is 15.7. The van der Waals surface area contributed by atoms with E-state index in [-0.39, 0.29) is 16.1 Å². The molecule has 2 nitrogen and oxygen atoms in total. The smallest absolute Gasteiger partial charge is 0.405 e. The summed E-state index contributed by atoms with van der Waals surface area (Å²) in [6.45, 7) is 0. The second-order valence-corrected chi connectivity index (χ2v) is 4.90. The lowest BCUT2D eigenvalue weighted by Crippen LogP contribution is -2.19. The van der Waals surface area contributed by atoms with Gasteiger partial charge in [0.2, 0.25) is 0 Å². The van der Waals surface area contributed by atoms with Crippen LogP contribution in [0.25, 0.3) is 0 Å². The van der Waals surface area contributed by atoms with Gasteiger partial charge >= 0.3 is 6.36 Å². The molecule has 0 heterocycles. The Hall–Kier alpha value is -1.72. The Bertz CT molecular complexity index is 667. The zero-order valence-corrected chi connectivity index (χ0v) is 11.8. The molecule has 7 heteroatoms. The van der Waals surface area contributed by atoms with E-state index in [1.165, 1.54) is 30.3 Å². The van der Waals surface area contributed by atoms with Gasteiger partial charge in [-0.2, -0.15) is 0 Å². The lowest BCUT2D eigenvalue weighted by Gasteiger charge is -2.13. The summed E-state index contributed by atoms with van der Waals surface area (Å²) in [5, 5.41) is 0.534. The van der Waals surface area contributed by atoms with Crippen LogP contribution < -0.4 is 4.74 Å². The molecule has 2 rings (SSSR count). The highest BCUT2D eigenvalue weighted by Crippen LogP contribution is 2.30. The number of hydrogen-bond acceptors (Lipinski definition) is 2. The minimum atomic E-state index is -4.90. The molecule has 0 aliphatic heterocycles. The van der Waals surface area contributed by atoms with Crippen molar-refractivity contribution in [2.75, 3.05) is 0 Å². The summed E-state index contributed by atoms with van der Waals surface area (Å²) < 4.78 is 40.9. The maximum atomic E-state index is 12.4. The number of hydrogen-bond donors (Lipinski definition) is 0. The van der Waals surface area contributed by atoms with E-state index in [9.17, 15) is 18.0 Å². The molecule has 0 fully saturated rings. The van der Waals surface area contributed by atoms with Crippen molar-refractivity contribution in [3.05, 3.63) is 63.6 Å². The van der Waals surface area contributed by atoms with Crippen LogP contribution in [0.3, 0.4) is 0 Å². The average molecular weight is 335 g/mol. The van der Waals surface area contributed by atoms with Crippen LogP contribution in [0.5, 0.6) is 5.75 Å². The van der Waals surface area contributed by atoms with Crippen molar-refractivity contribution in [1.29, 1.82) is 0 Å². The molecule has 0 atom stereocenters. The summed E-state index contributed by atoms with van der Waals surface area (Å²) in [5.41, 5.74) is -0.101. The van der Waals surface area contributed by atoms with Gasteiger partial charge in [0, 0.05) is 15.6 Å². The summed E-state index contributed by atoms with van der Waals surface area (Å²) >= 11 is 11.4. The molecule has 0 aromatic heterocycles. The number of carbonyl (C=O) groups is 1. The minimum Gasteiger partial charge on any atom is -0.405 e. The van der Waals surface area contributed by atoms with Crippen molar-refractivity contribution >= 4 is 29.0 Å². The molecule has 0 aliphatic rings. The maximum Gasteiger partial charge on any atom is 0.573 e. The predicted octanol–water partition coefficient (Wildman–Crippen LogP) is 5.12. The molecule has 0 amide bonds. The molecule has 2 aromatic carbocycles. The third kappa shape index (κ3) is 4.12. The molecule has 110 valence electrons. The van der Waals surface area contributed by atoms with Crippen LogP contribution in [-0.4, -0.2) is 12.1 Å². The van der Waals surface area contributed by atoms with Crippen molar-refractivity contribution in [2.45, 2.75) is 6.36 Å². The van der Waals surface area contributed by atoms with Gasteiger partial charge in [-0.25, -0.2) is 0 Å². The van der Waals surface area contributed by atoms with E-state index in [1.54, 1.807) is 0 Å². The van der Waals surface area contributed by atoms with E-state index < -0.39 is 17.9 Å². The third-order valence-corrected chi connectivity index (χ3v) is 3.01. The van der Waals surface area contributed by atoms with Crippen molar-refractivity contribution < 1.29 is 22.7 Å². The second kappa shape index (κ2) is 5.95. The topological polar surface area (TPSA) is 26.3 Å². The molecule has 21 heavy (non-hydrogen) atoms. The van der Waals surface area contributed by atoms with Crippen molar-refractivity contribution in [3.63, 3.8) is 0 Å². The third-order valence-electron chi connectivity index (χ3n) is 2.52. The molecule has 0 radical (unpaired) electrons. The summed E-state index contributed by atoms with van der Waals surface area (Å²) in [4.78, 5) is 12.3. The molecule has 2 aromatic rings. The zero-order valence-electron chi connectivity index (χ0n) is 10.2. The molecule has 0 bridgehead atoms. The fourth-order valence-corrected chi connectivity index (χ4v) is 1.95. The van der Waals surface area contributed by atoms with Crippen LogP contribution in [-0.2, 0) is 0 Å². The van der Waals surface area contributed by atoms with E-state index in [0.29, 0.717) is 5.02 Å². The Labute approximate surface area is 128 Å².